The molecule has 0 aliphatic carbocycles. The van der Waals surface area contributed by atoms with Gasteiger partial charge in [-0.05, 0) is 26.8 Å². The van der Waals surface area contributed by atoms with Crippen LogP contribution in [0.3, 0.4) is 0 Å². The van der Waals surface area contributed by atoms with Gasteiger partial charge in [0.2, 0.25) is 11.8 Å². The number of carbonyl (C=O) groups excluding carboxylic acids is 2. The van der Waals surface area contributed by atoms with Crippen LogP contribution in [0.1, 0.15) is 19.8 Å². The highest BCUT2D eigenvalue weighted by Crippen LogP contribution is 2.00. The molecule has 0 aromatic rings. The number of hydrogen-bond acceptors (Lipinski definition) is 5. The van der Waals surface area contributed by atoms with Gasteiger partial charge in [-0.25, -0.2) is 0 Å². The maximum Gasteiger partial charge on any atom is 0.322 e. The number of carbonyl (C=O) groups is 3. The number of carboxylic acid groups (broad SMARTS) is 1. The normalized spacial score (nSPS) is 12.8. The minimum atomic E-state index is -1.16. The van der Waals surface area contributed by atoms with E-state index in [2.05, 4.69) is 20.9 Å². The summed E-state index contributed by atoms with van der Waals surface area (Å²) in [6, 6.07) is -1.33. The van der Waals surface area contributed by atoms with Crippen molar-refractivity contribution in [3.05, 3.63) is 0 Å². The molecule has 0 unspecified atom stereocenters. The quantitative estimate of drug-likeness (QED) is 0.145. The first-order valence-electron chi connectivity index (χ1n) is 6.80. The van der Waals surface area contributed by atoms with E-state index in [1.165, 1.54) is 0 Å². The molecule has 10 nitrogen and oxygen atoms in total. The van der Waals surface area contributed by atoms with Gasteiger partial charge in [0.1, 0.15) is 12.6 Å². The first-order chi connectivity index (χ1) is 10.3. The van der Waals surface area contributed by atoms with Crippen LogP contribution in [0.15, 0.2) is 4.99 Å². The molecule has 0 saturated carbocycles. The van der Waals surface area contributed by atoms with Crippen molar-refractivity contribution in [1.29, 1.82) is 0 Å². The maximum atomic E-state index is 11.9. The maximum absolute atomic E-state index is 11.9. The van der Waals surface area contributed by atoms with Crippen LogP contribution in [0.5, 0.6) is 0 Å². The molecule has 22 heavy (non-hydrogen) atoms. The third-order valence-corrected chi connectivity index (χ3v) is 2.82. The van der Waals surface area contributed by atoms with Gasteiger partial charge in [0, 0.05) is 6.54 Å². The molecule has 0 saturated heterocycles. The Morgan fingerprint density at radius 3 is 2.36 bits per heavy atom. The molecule has 2 atom stereocenters. The summed E-state index contributed by atoms with van der Waals surface area (Å²) in [5.74, 6) is -2.15. The molecule has 8 N–H and O–H groups in total. The molecular formula is C12H24N6O4. The van der Waals surface area contributed by atoms with Gasteiger partial charge in [-0.15, -0.1) is 0 Å². The summed E-state index contributed by atoms with van der Waals surface area (Å²) in [4.78, 5) is 38.0. The van der Waals surface area contributed by atoms with Gasteiger partial charge in [0.05, 0.1) is 6.04 Å². The van der Waals surface area contributed by atoms with Gasteiger partial charge in [-0.3, -0.25) is 19.4 Å². The Bertz CT molecular complexity index is 422. The van der Waals surface area contributed by atoms with Crippen LogP contribution in [-0.2, 0) is 14.4 Å². The smallest absolute Gasteiger partial charge is 0.322 e. The van der Waals surface area contributed by atoms with Crippen molar-refractivity contribution in [2.24, 2.45) is 16.5 Å². The van der Waals surface area contributed by atoms with Crippen molar-refractivity contribution in [3.8, 4) is 0 Å². The Morgan fingerprint density at radius 2 is 1.86 bits per heavy atom. The molecule has 0 aromatic carbocycles. The summed E-state index contributed by atoms with van der Waals surface area (Å²) in [6.07, 6.45) is 0.738. The number of aliphatic imine (C=N–C) groups is 1. The highest BCUT2D eigenvalue weighted by molar-refractivity contribution is 5.90. The Morgan fingerprint density at radius 1 is 1.23 bits per heavy atom. The fraction of sp³-hybridized carbons (Fsp3) is 0.667. The summed E-state index contributed by atoms with van der Waals surface area (Å²) < 4.78 is 0. The molecule has 0 aromatic heterocycles. The van der Waals surface area contributed by atoms with Gasteiger partial charge in [-0.2, -0.15) is 0 Å². The lowest BCUT2D eigenvalue weighted by atomic mass is 10.1. The Balaban J connectivity index is 4.60. The molecule has 0 bridgehead atoms. The largest absolute Gasteiger partial charge is 0.480 e. The van der Waals surface area contributed by atoms with E-state index in [9.17, 15) is 14.4 Å². The summed E-state index contributed by atoms with van der Waals surface area (Å²) in [6.45, 7) is 1.43. The zero-order valence-corrected chi connectivity index (χ0v) is 12.8. The van der Waals surface area contributed by atoms with Crippen molar-refractivity contribution >= 4 is 23.7 Å². The van der Waals surface area contributed by atoms with E-state index in [1.54, 1.807) is 14.0 Å². The first-order valence-corrected chi connectivity index (χ1v) is 6.80. The highest BCUT2D eigenvalue weighted by Gasteiger charge is 2.22. The molecule has 10 heteroatoms. The molecule has 0 radical (unpaired) electrons. The van der Waals surface area contributed by atoms with Crippen LogP contribution in [0, 0.1) is 0 Å². The van der Waals surface area contributed by atoms with Crippen molar-refractivity contribution in [3.63, 3.8) is 0 Å². The van der Waals surface area contributed by atoms with Gasteiger partial charge >= 0.3 is 5.97 Å². The number of amides is 2. The topological polar surface area (TPSA) is 172 Å². The van der Waals surface area contributed by atoms with Crippen LogP contribution in [0.4, 0.5) is 0 Å². The molecule has 0 spiro atoms. The van der Waals surface area contributed by atoms with Crippen molar-refractivity contribution < 1.29 is 19.5 Å². The van der Waals surface area contributed by atoms with Gasteiger partial charge in [-0.1, -0.05) is 0 Å². The number of carboxylic acids is 1. The van der Waals surface area contributed by atoms with E-state index in [0.29, 0.717) is 13.0 Å². The Hall–Kier alpha value is -2.36. The summed E-state index contributed by atoms with van der Waals surface area (Å²) in [5.41, 5.74) is 10.4. The molecule has 0 aliphatic heterocycles. The van der Waals surface area contributed by atoms with Crippen molar-refractivity contribution in [2.75, 3.05) is 20.1 Å². The molecule has 0 aliphatic rings. The summed E-state index contributed by atoms with van der Waals surface area (Å²) in [5, 5.41) is 16.1. The van der Waals surface area contributed by atoms with Gasteiger partial charge in [0.25, 0.3) is 0 Å². The van der Waals surface area contributed by atoms with E-state index in [4.69, 9.17) is 16.6 Å². The number of nitrogens with one attached hydrogen (secondary N) is 3. The number of nitrogens with two attached hydrogens (primary N) is 2. The molecule has 2 amide bonds. The van der Waals surface area contributed by atoms with Crippen molar-refractivity contribution in [2.45, 2.75) is 31.8 Å². The first kappa shape index (κ1) is 19.6. The lowest BCUT2D eigenvalue weighted by Gasteiger charge is -2.20. The number of hydrogen-bond donors (Lipinski definition) is 6. The predicted octanol–water partition coefficient (Wildman–Crippen LogP) is -2.67. The van der Waals surface area contributed by atoms with E-state index in [1.807, 2.05) is 0 Å². The standard InChI is InChI=1S/C12H24N6O4/c1-7(15-2)10(21)18-8(4-3-5-16-12(13)14)11(22)17-6-9(19)20/h7-8,15H,3-6H2,1-2H3,(H,17,22)(H,18,21)(H,19,20)(H4,13,14,16)/t7-,8-/m0/s1. The lowest BCUT2D eigenvalue weighted by molar-refractivity contribution is -0.138. The van der Waals surface area contributed by atoms with E-state index in [-0.39, 0.29) is 18.3 Å². The summed E-state index contributed by atoms with van der Waals surface area (Å²) in [7, 11) is 1.61. The second kappa shape index (κ2) is 10.4. The lowest BCUT2D eigenvalue weighted by Crippen LogP contribution is -2.52. The predicted molar refractivity (Wildman–Crippen MR) is 81.0 cm³/mol. The number of nitrogens with zero attached hydrogens (tertiary/aromatic N) is 1. The fourth-order valence-corrected chi connectivity index (χ4v) is 1.49. The van der Waals surface area contributed by atoms with E-state index < -0.39 is 30.5 Å². The van der Waals surface area contributed by atoms with Crippen molar-refractivity contribution in [1.82, 2.24) is 16.0 Å². The number of aliphatic carboxylic acids is 1. The van der Waals surface area contributed by atoms with Crippen LogP contribution in [-0.4, -0.2) is 61.1 Å². The molecular weight excluding hydrogens is 292 g/mol. The molecule has 0 rings (SSSR count). The average Bonchev–Trinajstić information content (AvgIpc) is 2.46. The third kappa shape index (κ3) is 8.74. The zero-order chi connectivity index (χ0) is 17.1. The van der Waals surface area contributed by atoms with Gasteiger partial charge in [0.15, 0.2) is 5.96 Å². The fourth-order valence-electron chi connectivity index (χ4n) is 1.49. The van der Waals surface area contributed by atoms with Crippen LogP contribution >= 0.6 is 0 Å². The van der Waals surface area contributed by atoms with E-state index in [0.717, 1.165) is 0 Å². The van der Waals surface area contributed by atoms with Crippen LogP contribution < -0.4 is 27.4 Å². The third-order valence-electron chi connectivity index (χ3n) is 2.82. The summed E-state index contributed by atoms with van der Waals surface area (Å²) >= 11 is 0. The minimum Gasteiger partial charge on any atom is -0.480 e. The second-order valence-electron chi connectivity index (χ2n) is 4.63. The SMILES string of the molecule is CN[C@@H](C)C(=O)N[C@@H](CCCN=C(N)N)C(=O)NCC(=O)O. The monoisotopic (exact) mass is 316 g/mol. The molecule has 0 heterocycles. The second-order valence-corrected chi connectivity index (χ2v) is 4.63. The number of rotatable bonds is 10. The average molecular weight is 316 g/mol. The Labute approximate surface area is 128 Å². The van der Waals surface area contributed by atoms with Crippen LogP contribution in [0.25, 0.3) is 0 Å². The highest BCUT2D eigenvalue weighted by atomic mass is 16.4. The Kier molecular flexibility index (Phi) is 9.27. The number of guanidine groups is 1. The minimum absolute atomic E-state index is 0.0558. The number of likely N-dealkylation sites (N-methyl/N-ethyl adjacent to an activating group) is 1. The van der Waals surface area contributed by atoms with Crippen LogP contribution in [0.2, 0.25) is 0 Å². The van der Waals surface area contributed by atoms with E-state index >= 15 is 0 Å². The zero-order valence-electron chi connectivity index (χ0n) is 12.8. The molecule has 0 fully saturated rings. The molecule has 126 valence electrons. The van der Waals surface area contributed by atoms with Gasteiger partial charge < -0.3 is 32.5 Å².